The number of likely N-dealkylation sites (N-methyl/N-ethyl adjacent to an activating group) is 1. The molecule has 1 saturated heterocycles. The molecule has 2 N–H and O–H groups in total. The van der Waals surface area contributed by atoms with Crippen molar-refractivity contribution in [1.82, 2.24) is 4.90 Å². The van der Waals surface area contributed by atoms with Gasteiger partial charge in [0.05, 0.1) is 36.3 Å². The highest BCUT2D eigenvalue weighted by molar-refractivity contribution is 7.62. The minimum atomic E-state index is -3.57. The Labute approximate surface area is 253 Å². The van der Waals surface area contributed by atoms with Crippen LogP contribution in [0.4, 0.5) is 17.1 Å². The molecule has 9 nitrogen and oxygen atoms in total. The standard InChI is InChI=1S/C33H39N4O5P/c1-4-41-43(40,42-5-2)27-18-19-29-28(22-27)31(33(39)35-29)32(24-12-8-6-9-13-24)34-25-14-16-26(17-15-25)36(3)30(38)23-37-20-10-7-11-21-37/h6,8-9,12-19,22,34H,4-5,7,10-11,20-21,23H2,1-3H3,(H,35,39)/b32-31-. The molecular formula is C33H39N4O5P. The third kappa shape index (κ3) is 6.92. The summed E-state index contributed by atoms with van der Waals surface area (Å²) in [6.07, 6.45) is 3.50. The summed E-state index contributed by atoms with van der Waals surface area (Å²) < 4.78 is 24.7. The number of rotatable bonds is 11. The molecule has 2 aliphatic heterocycles. The van der Waals surface area contributed by atoms with Crippen LogP contribution in [-0.4, -0.2) is 56.6 Å². The van der Waals surface area contributed by atoms with Crippen molar-refractivity contribution < 1.29 is 23.2 Å². The van der Waals surface area contributed by atoms with Gasteiger partial charge >= 0.3 is 7.60 Å². The molecule has 0 atom stereocenters. The predicted octanol–water partition coefficient (Wildman–Crippen LogP) is 5.96. The summed E-state index contributed by atoms with van der Waals surface area (Å²) in [7, 11) is -1.77. The van der Waals surface area contributed by atoms with Gasteiger partial charge in [-0.1, -0.05) is 36.8 Å². The first-order valence-electron chi connectivity index (χ1n) is 14.8. The second-order valence-corrected chi connectivity index (χ2v) is 12.6. The predicted molar refractivity (Wildman–Crippen MR) is 173 cm³/mol. The Kier molecular flexibility index (Phi) is 9.78. The first-order valence-corrected chi connectivity index (χ1v) is 16.4. The van der Waals surface area contributed by atoms with E-state index in [2.05, 4.69) is 15.5 Å². The Morgan fingerprint density at radius 1 is 0.953 bits per heavy atom. The summed E-state index contributed by atoms with van der Waals surface area (Å²) in [6, 6.07) is 22.3. The lowest BCUT2D eigenvalue weighted by Gasteiger charge is -2.28. The number of piperidine rings is 1. The number of carbonyl (C=O) groups excluding carboxylic acids is 2. The van der Waals surface area contributed by atoms with Crippen LogP contribution < -0.4 is 20.8 Å². The fourth-order valence-electron chi connectivity index (χ4n) is 5.46. The fraction of sp³-hybridized carbons (Fsp3) is 0.333. The summed E-state index contributed by atoms with van der Waals surface area (Å²) >= 11 is 0. The molecule has 0 spiro atoms. The number of benzene rings is 3. The van der Waals surface area contributed by atoms with Crippen LogP contribution in [0.25, 0.3) is 11.3 Å². The molecule has 1 fully saturated rings. The number of anilines is 3. The topological polar surface area (TPSA) is 100 Å². The van der Waals surface area contributed by atoms with Gasteiger partial charge in [0.2, 0.25) is 5.91 Å². The van der Waals surface area contributed by atoms with Gasteiger partial charge in [-0.25, -0.2) is 0 Å². The van der Waals surface area contributed by atoms with Crippen molar-refractivity contribution in [1.29, 1.82) is 0 Å². The van der Waals surface area contributed by atoms with Gasteiger partial charge in [0.1, 0.15) is 0 Å². The Morgan fingerprint density at radius 2 is 1.63 bits per heavy atom. The van der Waals surface area contributed by atoms with Gasteiger partial charge in [-0.05, 0) is 87.8 Å². The number of nitrogens with zero attached hydrogens (tertiary/aromatic N) is 2. The van der Waals surface area contributed by atoms with Crippen LogP contribution >= 0.6 is 7.60 Å². The van der Waals surface area contributed by atoms with Crippen molar-refractivity contribution in [2.75, 3.05) is 55.4 Å². The molecule has 2 heterocycles. The van der Waals surface area contributed by atoms with Gasteiger partial charge in [-0.3, -0.25) is 19.1 Å². The maximum Gasteiger partial charge on any atom is 0.361 e. The van der Waals surface area contributed by atoms with Crippen LogP contribution in [0, 0.1) is 0 Å². The summed E-state index contributed by atoms with van der Waals surface area (Å²) in [6.45, 7) is 6.32. The molecule has 0 bridgehead atoms. The highest BCUT2D eigenvalue weighted by atomic mass is 31.2. The zero-order valence-corrected chi connectivity index (χ0v) is 25.9. The first-order chi connectivity index (χ1) is 20.8. The van der Waals surface area contributed by atoms with Gasteiger partial charge in [0.25, 0.3) is 5.91 Å². The first kappa shape index (κ1) is 30.7. The van der Waals surface area contributed by atoms with Crippen LogP contribution in [0.5, 0.6) is 0 Å². The van der Waals surface area contributed by atoms with E-state index in [1.165, 1.54) is 6.42 Å². The van der Waals surface area contributed by atoms with Gasteiger partial charge in [0.15, 0.2) is 0 Å². The van der Waals surface area contributed by atoms with E-state index in [1.807, 2.05) is 54.6 Å². The van der Waals surface area contributed by atoms with Crippen molar-refractivity contribution in [3.8, 4) is 0 Å². The molecule has 0 unspecified atom stereocenters. The minimum Gasteiger partial charge on any atom is -0.354 e. The Bertz CT molecular complexity index is 1520. The SMILES string of the molecule is CCOP(=O)(OCC)c1ccc2c(c1)/C(=C(/Nc1ccc(N(C)C(=O)CN3CCCCC3)cc1)c1ccccc1)C(=O)N2. The summed E-state index contributed by atoms with van der Waals surface area (Å²) in [5.74, 6) is -0.220. The number of hydrogen-bond acceptors (Lipinski definition) is 7. The van der Waals surface area contributed by atoms with Gasteiger partial charge in [-0.15, -0.1) is 0 Å². The van der Waals surface area contributed by atoms with Crippen molar-refractivity contribution in [2.24, 2.45) is 0 Å². The molecule has 2 amide bonds. The normalized spacial score (nSPS) is 16.4. The molecule has 43 heavy (non-hydrogen) atoms. The second-order valence-electron chi connectivity index (χ2n) is 10.6. The minimum absolute atomic E-state index is 0.0566. The van der Waals surface area contributed by atoms with Gasteiger partial charge in [0, 0.05) is 29.7 Å². The van der Waals surface area contributed by atoms with E-state index in [4.69, 9.17) is 9.05 Å². The van der Waals surface area contributed by atoms with E-state index in [0.29, 0.717) is 34.4 Å². The van der Waals surface area contributed by atoms with Crippen LogP contribution in [0.3, 0.4) is 0 Å². The Balaban J connectivity index is 1.47. The van der Waals surface area contributed by atoms with Crippen molar-refractivity contribution in [2.45, 2.75) is 33.1 Å². The third-order valence-corrected chi connectivity index (χ3v) is 9.79. The van der Waals surface area contributed by atoms with E-state index < -0.39 is 7.60 Å². The fourth-order valence-corrected chi connectivity index (χ4v) is 7.05. The van der Waals surface area contributed by atoms with Crippen molar-refractivity contribution in [3.05, 3.63) is 83.9 Å². The lowest BCUT2D eigenvalue weighted by Crippen LogP contribution is -2.40. The monoisotopic (exact) mass is 602 g/mol. The summed E-state index contributed by atoms with van der Waals surface area (Å²) in [5.41, 5.74) is 4.58. The number of likely N-dealkylation sites (tertiary alicyclic amines) is 1. The van der Waals surface area contributed by atoms with E-state index in [1.54, 1.807) is 44.0 Å². The maximum atomic E-state index is 13.6. The Morgan fingerprint density at radius 3 is 2.28 bits per heavy atom. The third-order valence-electron chi connectivity index (χ3n) is 7.68. The molecule has 0 aromatic heterocycles. The van der Waals surface area contributed by atoms with Crippen LogP contribution in [0.15, 0.2) is 72.8 Å². The maximum absolute atomic E-state index is 13.6. The lowest BCUT2D eigenvalue weighted by molar-refractivity contribution is -0.119. The smallest absolute Gasteiger partial charge is 0.354 e. The Hall–Kier alpha value is -3.75. The number of amides is 2. The van der Waals surface area contributed by atoms with E-state index in [0.717, 1.165) is 42.9 Å². The quantitative estimate of drug-likeness (QED) is 0.206. The molecule has 0 aliphatic carbocycles. The number of fused-ring (bicyclic) bond motifs is 1. The molecule has 226 valence electrons. The molecule has 2 aliphatic rings. The van der Waals surface area contributed by atoms with E-state index in [9.17, 15) is 14.2 Å². The number of hydrogen-bond donors (Lipinski definition) is 2. The van der Waals surface area contributed by atoms with Crippen LogP contribution in [-0.2, 0) is 23.2 Å². The average molecular weight is 603 g/mol. The van der Waals surface area contributed by atoms with Crippen molar-refractivity contribution >= 4 is 53.0 Å². The van der Waals surface area contributed by atoms with E-state index in [-0.39, 0.29) is 25.0 Å². The molecule has 0 saturated carbocycles. The van der Waals surface area contributed by atoms with Crippen molar-refractivity contribution in [3.63, 3.8) is 0 Å². The largest absolute Gasteiger partial charge is 0.361 e. The lowest BCUT2D eigenvalue weighted by atomic mass is 10.00. The zero-order chi connectivity index (χ0) is 30.4. The highest BCUT2D eigenvalue weighted by Gasteiger charge is 2.33. The highest BCUT2D eigenvalue weighted by Crippen LogP contribution is 2.48. The molecule has 10 heteroatoms. The number of nitrogens with one attached hydrogen (secondary N) is 2. The molecule has 3 aromatic rings. The molecule has 5 rings (SSSR count). The average Bonchev–Trinajstić information content (AvgIpc) is 3.35. The summed E-state index contributed by atoms with van der Waals surface area (Å²) in [4.78, 5) is 30.3. The van der Waals surface area contributed by atoms with Crippen LogP contribution in [0.1, 0.15) is 44.2 Å². The molecule has 3 aromatic carbocycles. The van der Waals surface area contributed by atoms with Gasteiger partial charge < -0.3 is 24.6 Å². The van der Waals surface area contributed by atoms with E-state index >= 15 is 0 Å². The van der Waals surface area contributed by atoms with Gasteiger partial charge in [-0.2, -0.15) is 0 Å². The van der Waals surface area contributed by atoms with Crippen LogP contribution in [0.2, 0.25) is 0 Å². The molecule has 0 radical (unpaired) electrons. The summed E-state index contributed by atoms with van der Waals surface area (Å²) in [5, 5.41) is 6.78. The number of carbonyl (C=O) groups is 2. The second kappa shape index (κ2) is 13.7. The molecular weight excluding hydrogens is 563 g/mol. The zero-order valence-electron chi connectivity index (χ0n) is 25.0.